The monoisotopic (exact) mass is 612 g/mol. The quantitative estimate of drug-likeness (QED) is 0.226. The molecule has 4 N–H and O–H groups in total. The summed E-state index contributed by atoms with van der Waals surface area (Å²) in [6, 6.07) is 26.2. The van der Waals surface area contributed by atoms with Gasteiger partial charge in [0.25, 0.3) is 20.0 Å². The lowest BCUT2D eigenvalue weighted by molar-refractivity contribution is 0.250. The molecule has 0 fully saturated rings. The lowest BCUT2D eigenvalue weighted by Gasteiger charge is -2.41. The highest BCUT2D eigenvalue weighted by molar-refractivity contribution is 8.31. The maximum atomic E-state index is 13.3. The molecule has 0 spiro atoms. The lowest BCUT2D eigenvalue weighted by atomic mass is 10.2. The minimum Gasteiger partial charge on any atom is -0.276 e. The summed E-state index contributed by atoms with van der Waals surface area (Å²) in [5, 5.41) is 0. The van der Waals surface area contributed by atoms with Gasteiger partial charge in [0, 0.05) is 9.79 Å². The van der Waals surface area contributed by atoms with Crippen LogP contribution in [0.1, 0.15) is 11.1 Å². The highest BCUT2D eigenvalue weighted by Crippen LogP contribution is 2.55. The predicted molar refractivity (Wildman–Crippen MR) is 157 cm³/mol. The summed E-state index contributed by atoms with van der Waals surface area (Å²) in [4.78, 5) is 27.2. The summed E-state index contributed by atoms with van der Waals surface area (Å²) < 4.78 is 61.1. The van der Waals surface area contributed by atoms with Crippen molar-refractivity contribution in [1.82, 2.24) is 18.9 Å². The van der Waals surface area contributed by atoms with E-state index in [1.807, 2.05) is 9.44 Å². The molecule has 0 saturated carbocycles. The van der Waals surface area contributed by atoms with Crippen LogP contribution in [0.4, 0.5) is 9.59 Å². The summed E-state index contributed by atoms with van der Waals surface area (Å²) in [7, 11) is -11.7. The average molecular weight is 613 g/mol. The van der Waals surface area contributed by atoms with Crippen molar-refractivity contribution in [3.05, 3.63) is 120 Å². The smallest absolute Gasteiger partial charge is 0.276 e. The fourth-order valence-electron chi connectivity index (χ4n) is 3.76. The maximum absolute atomic E-state index is 13.3. The van der Waals surface area contributed by atoms with E-state index in [4.69, 9.17) is 0 Å². The second-order valence-corrected chi connectivity index (χ2v) is 14.9. The average Bonchev–Trinajstić information content (AvgIpc) is 2.93. The van der Waals surface area contributed by atoms with Gasteiger partial charge in [-0.2, -0.15) is 0 Å². The maximum Gasteiger partial charge on any atom is 0.339 e. The van der Waals surface area contributed by atoms with Gasteiger partial charge in [-0.3, -0.25) is 9.44 Å². The molecular weight excluding hydrogens is 585 g/mol. The molecule has 0 unspecified atom stereocenters. The number of nitrogens with one attached hydrogen (secondary N) is 4. The van der Waals surface area contributed by atoms with Gasteiger partial charge in [0.05, 0.1) is 9.79 Å². The summed E-state index contributed by atoms with van der Waals surface area (Å²) in [6.45, 7) is 3.59. The van der Waals surface area contributed by atoms with Crippen LogP contribution in [0.15, 0.2) is 129 Å². The normalized spacial score (nSPS) is 12.1. The van der Waals surface area contributed by atoms with E-state index in [0.29, 0.717) is 9.79 Å². The van der Waals surface area contributed by atoms with Gasteiger partial charge in [0.1, 0.15) is 0 Å². The van der Waals surface area contributed by atoms with Gasteiger partial charge in [-0.05, 0) is 72.8 Å². The molecule has 0 radical (unpaired) electrons. The molecule has 0 aliphatic heterocycles. The molecule has 0 heterocycles. The van der Waals surface area contributed by atoms with E-state index < -0.39 is 42.5 Å². The Kier molecular flexibility index (Phi) is 8.71. The topological polar surface area (TPSA) is 151 Å². The van der Waals surface area contributed by atoms with Crippen LogP contribution < -0.4 is 18.9 Å². The van der Waals surface area contributed by atoms with Gasteiger partial charge < -0.3 is 0 Å². The molecular formula is C28H28N4O6S3. The van der Waals surface area contributed by atoms with Crippen LogP contribution in [0.25, 0.3) is 0 Å². The van der Waals surface area contributed by atoms with Crippen LogP contribution >= 0.6 is 10.4 Å². The Bertz CT molecular complexity index is 1610. The van der Waals surface area contributed by atoms with Crippen LogP contribution in [-0.4, -0.2) is 28.9 Å². The van der Waals surface area contributed by atoms with Crippen molar-refractivity contribution >= 4 is 42.5 Å². The van der Waals surface area contributed by atoms with Crippen LogP contribution in [-0.2, 0) is 20.0 Å². The molecule has 0 aliphatic carbocycles. The Balaban J connectivity index is 1.72. The van der Waals surface area contributed by atoms with Crippen molar-refractivity contribution in [3.8, 4) is 0 Å². The number of hydrogen-bond donors (Lipinski definition) is 4. The molecule has 214 valence electrons. The summed E-state index contributed by atoms with van der Waals surface area (Å²) >= 11 is 0. The predicted octanol–water partition coefficient (Wildman–Crippen LogP) is 4.73. The van der Waals surface area contributed by atoms with Crippen molar-refractivity contribution in [2.45, 2.75) is 33.4 Å². The zero-order chi connectivity index (χ0) is 29.7. The minimum atomic E-state index is -4.28. The van der Waals surface area contributed by atoms with Crippen molar-refractivity contribution in [2.75, 3.05) is 0 Å². The first-order valence-electron chi connectivity index (χ1n) is 12.2. The first-order chi connectivity index (χ1) is 19.4. The van der Waals surface area contributed by atoms with Gasteiger partial charge in [-0.1, -0.05) is 71.8 Å². The molecule has 0 aromatic heterocycles. The van der Waals surface area contributed by atoms with Crippen LogP contribution in [0, 0.1) is 13.8 Å². The first-order valence-corrected chi connectivity index (χ1v) is 16.8. The van der Waals surface area contributed by atoms with E-state index in [1.54, 1.807) is 98.8 Å². The van der Waals surface area contributed by atoms with Crippen molar-refractivity contribution in [3.63, 3.8) is 0 Å². The van der Waals surface area contributed by atoms with Gasteiger partial charge in [-0.25, -0.2) is 35.9 Å². The fourth-order valence-corrected chi connectivity index (χ4v) is 8.29. The van der Waals surface area contributed by atoms with Crippen LogP contribution in [0.3, 0.4) is 0 Å². The number of benzene rings is 4. The largest absolute Gasteiger partial charge is 0.339 e. The Morgan fingerprint density at radius 1 is 0.439 bits per heavy atom. The molecule has 13 heteroatoms. The third-order valence-electron chi connectivity index (χ3n) is 5.80. The van der Waals surface area contributed by atoms with E-state index in [2.05, 4.69) is 9.44 Å². The lowest BCUT2D eigenvalue weighted by Crippen LogP contribution is -2.49. The molecule has 0 atom stereocenters. The number of sulfonamides is 2. The molecule has 0 bridgehead atoms. The molecule has 0 saturated heterocycles. The van der Waals surface area contributed by atoms with E-state index in [9.17, 15) is 26.4 Å². The second kappa shape index (κ2) is 12.0. The third kappa shape index (κ3) is 7.06. The Labute approximate surface area is 240 Å². The van der Waals surface area contributed by atoms with E-state index >= 15 is 0 Å². The van der Waals surface area contributed by atoms with Crippen molar-refractivity contribution in [1.29, 1.82) is 0 Å². The van der Waals surface area contributed by atoms with Gasteiger partial charge in [-0.15, -0.1) is 0 Å². The summed E-state index contributed by atoms with van der Waals surface area (Å²) in [5.41, 5.74) is 1.67. The summed E-state index contributed by atoms with van der Waals surface area (Å²) in [6.07, 6.45) is 0. The molecule has 4 aromatic rings. The summed E-state index contributed by atoms with van der Waals surface area (Å²) in [5.74, 6) is 0. The number of amides is 4. The Morgan fingerprint density at radius 3 is 1.07 bits per heavy atom. The van der Waals surface area contributed by atoms with E-state index in [-0.39, 0.29) is 9.79 Å². The molecule has 4 rings (SSSR count). The fraction of sp³-hybridized carbons (Fsp3) is 0.0714. The Morgan fingerprint density at radius 2 is 0.756 bits per heavy atom. The number of hydrogen-bond acceptors (Lipinski definition) is 6. The van der Waals surface area contributed by atoms with Gasteiger partial charge >= 0.3 is 12.1 Å². The Hall–Kier alpha value is -4.33. The third-order valence-corrected chi connectivity index (χ3v) is 11.4. The van der Waals surface area contributed by atoms with Crippen LogP contribution in [0.2, 0.25) is 0 Å². The molecule has 4 amide bonds. The molecule has 4 aromatic carbocycles. The van der Waals surface area contributed by atoms with Gasteiger partial charge in [0.2, 0.25) is 0 Å². The highest BCUT2D eigenvalue weighted by Gasteiger charge is 2.35. The molecule has 0 aliphatic rings. The minimum absolute atomic E-state index is 0.131. The standard InChI is InChI=1S/C28H28N4O6S3/c1-21-13-17-25(18-14-21)40(35,36)31-27(33)29-39(23-9-5-3-6-10-23,24-11-7-4-8-12-24)30-28(34)32-41(37,38)26-19-15-22(2)16-20-26/h3-20H,1-2H3,(H2,29,31,33)(H2,30,32,34). The second-order valence-electron chi connectivity index (χ2n) is 8.94. The van der Waals surface area contributed by atoms with Crippen molar-refractivity contribution in [2.24, 2.45) is 0 Å². The number of aryl methyl sites for hydroxylation is 2. The molecule has 41 heavy (non-hydrogen) atoms. The number of carbonyl (C=O) groups excluding carboxylic acids is 2. The number of rotatable bonds is 8. The zero-order valence-corrected chi connectivity index (χ0v) is 24.5. The van der Waals surface area contributed by atoms with Gasteiger partial charge in [0.15, 0.2) is 0 Å². The van der Waals surface area contributed by atoms with E-state index in [0.717, 1.165) is 11.1 Å². The number of carbonyl (C=O) groups is 2. The highest BCUT2D eigenvalue weighted by atomic mass is 32.3. The first kappa shape index (κ1) is 29.6. The van der Waals surface area contributed by atoms with Crippen LogP contribution in [0.5, 0.6) is 0 Å². The van der Waals surface area contributed by atoms with E-state index in [1.165, 1.54) is 24.3 Å². The van der Waals surface area contributed by atoms with Crippen molar-refractivity contribution < 1.29 is 26.4 Å². The zero-order valence-electron chi connectivity index (χ0n) is 22.1. The molecule has 10 nitrogen and oxygen atoms in total. The SMILES string of the molecule is Cc1ccc(S(=O)(=O)NC(=O)NS(NC(=O)NS(=O)(=O)c2ccc(C)cc2)(c2ccccc2)c2ccccc2)cc1. The number of urea groups is 2.